The van der Waals surface area contributed by atoms with Gasteiger partial charge in [-0.2, -0.15) is 0 Å². The Kier molecular flexibility index (Phi) is 5.26. The summed E-state index contributed by atoms with van der Waals surface area (Å²) in [4.78, 5) is 17.2. The maximum Gasteiger partial charge on any atom is 0.408 e. The lowest BCUT2D eigenvalue weighted by Crippen LogP contribution is -2.34. The van der Waals surface area contributed by atoms with Crippen molar-refractivity contribution in [2.24, 2.45) is 0 Å². The maximum absolute atomic E-state index is 11.8. The largest absolute Gasteiger partial charge is 0.444 e. The van der Waals surface area contributed by atoms with Crippen LogP contribution in [0, 0.1) is 0 Å². The van der Waals surface area contributed by atoms with Crippen molar-refractivity contribution in [3.63, 3.8) is 0 Å². The highest BCUT2D eigenvalue weighted by molar-refractivity contribution is 7.13. The summed E-state index contributed by atoms with van der Waals surface area (Å²) < 4.78 is 5.28. The first-order chi connectivity index (χ1) is 10.8. The molecule has 1 atom stereocenters. The lowest BCUT2D eigenvalue weighted by Gasteiger charge is -2.22. The van der Waals surface area contributed by atoms with Crippen LogP contribution < -0.4 is 10.6 Å². The summed E-state index contributed by atoms with van der Waals surface area (Å²) >= 11 is 1.60. The molecule has 2 rings (SSSR count). The van der Waals surface area contributed by atoms with Gasteiger partial charge in [-0.15, -0.1) is 11.3 Å². The summed E-state index contributed by atoms with van der Waals surface area (Å²) in [5, 5.41) is 5.93. The lowest BCUT2D eigenvalue weighted by atomic mass is 10.1. The number of hydrogen-bond acceptors (Lipinski definition) is 5. The topological polar surface area (TPSA) is 63.2 Å². The number of carbonyl (C=O) groups is 1. The Morgan fingerprint density at radius 3 is 2.48 bits per heavy atom. The third-order valence-corrected chi connectivity index (χ3v) is 4.09. The Hall–Kier alpha value is -2.08. The Balaban J connectivity index is 2.06. The standard InChI is InChI=1S/C17H23N3O2S/c1-11(20-16(21)22-17(2,3)4)12-6-8-13(9-7-12)14-15(18-5)19-10-23-14/h6-11,18H,1-5H3,(H,20,21). The van der Waals surface area contributed by atoms with Crippen molar-refractivity contribution in [3.05, 3.63) is 35.3 Å². The molecule has 1 aromatic heterocycles. The van der Waals surface area contributed by atoms with Gasteiger partial charge in [0.2, 0.25) is 0 Å². The molecule has 1 aromatic carbocycles. The lowest BCUT2D eigenvalue weighted by molar-refractivity contribution is 0.0508. The first kappa shape index (κ1) is 17.3. The number of alkyl carbamates (subject to hydrolysis) is 1. The van der Waals surface area contributed by atoms with Crippen LogP contribution >= 0.6 is 11.3 Å². The maximum atomic E-state index is 11.8. The number of aromatic nitrogens is 1. The molecule has 0 fully saturated rings. The minimum atomic E-state index is -0.497. The monoisotopic (exact) mass is 333 g/mol. The van der Waals surface area contributed by atoms with Crippen LogP contribution in [0.1, 0.15) is 39.3 Å². The Bertz CT molecular complexity index is 659. The van der Waals surface area contributed by atoms with E-state index in [9.17, 15) is 4.79 Å². The van der Waals surface area contributed by atoms with Crippen molar-refractivity contribution in [1.82, 2.24) is 10.3 Å². The van der Waals surface area contributed by atoms with Gasteiger partial charge in [0, 0.05) is 7.05 Å². The van der Waals surface area contributed by atoms with Crippen LogP contribution in [0.25, 0.3) is 10.4 Å². The molecule has 1 amide bonds. The van der Waals surface area contributed by atoms with Crippen LogP contribution in [0.2, 0.25) is 0 Å². The number of ether oxygens (including phenoxy) is 1. The fourth-order valence-electron chi connectivity index (χ4n) is 2.12. The summed E-state index contributed by atoms with van der Waals surface area (Å²) in [6.45, 7) is 7.48. The molecule has 0 aliphatic heterocycles. The van der Waals surface area contributed by atoms with Gasteiger partial charge in [0.05, 0.1) is 16.4 Å². The highest BCUT2D eigenvalue weighted by Crippen LogP contribution is 2.31. The van der Waals surface area contributed by atoms with E-state index in [1.54, 1.807) is 11.3 Å². The molecule has 1 heterocycles. The van der Waals surface area contributed by atoms with Crippen molar-refractivity contribution in [1.29, 1.82) is 0 Å². The van der Waals surface area contributed by atoms with Crippen LogP contribution in [0.4, 0.5) is 10.6 Å². The predicted octanol–water partition coefficient (Wildman–Crippen LogP) is 4.44. The third kappa shape index (κ3) is 4.69. The van der Waals surface area contributed by atoms with E-state index in [1.165, 1.54) is 0 Å². The highest BCUT2D eigenvalue weighted by Gasteiger charge is 2.18. The molecule has 6 heteroatoms. The van der Waals surface area contributed by atoms with Gasteiger partial charge in [0.15, 0.2) is 0 Å². The number of rotatable bonds is 4. The molecule has 124 valence electrons. The van der Waals surface area contributed by atoms with Gasteiger partial charge >= 0.3 is 6.09 Å². The molecule has 0 aliphatic carbocycles. The molecule has 0 aliphatic rings. The molecule has 0 saturated heterocycles. The second-order valence-corrected chi connectivity index (χ2v) is 7.12. The number of nitrogens with one attached hydrogen (secondary N) is 2. The zero-order chi connectivity index (χ0) is 17.0. The average molecular weight is 333 g/mol. The van der Waals surface area contributed by atoms with E-state index < -0.39 is 11.7 Å². The van der Waals surface area contributed by atoms with E-state index in [1.807, 2.05) is 64.5 Å². The summed E-state index contributed by atoms with van der Waals surface area (Å²) in [5.41, 5.74) is 3.45. The number of hydrogen-bond donors (Lipinski definition) is 2. The van der Waals surface area contributed by atoms with Gasteiger partial charge in [-0.3, -0.25) is 0 Å². The number of thiazole rings is 1. The van der Waals surface area contributed by atoms with Gasteiger partial charge in [-0.25, -0.2) is 9.78 Å². The number of nitrogens with zero attached hydrogens (tertiary/aromatic N) is 1. The normalized spacial score (nSPS) is 12.6. The molecule has 2 N–H and O–H groups in total. The van der Waals surface area contributed by atoms with E-state index in [2.05, 4.69) is 15.6 Å². The van der Waals surface area contributed by atoms with Crippen molar-refractivity contribution < 1.29 is 9.53 Å². The van der Waals surface area contributed by atoms with Crippen LogP contribution in [-0.4, -0.2) is 23.7 Å². The fourth-order valence-corrected chi connectivity index (χ4v) is 2.92. The number of benzene rings is 1. The van der Waals surface area contributed by atoms with Crippen molar-refractivity contribution >= 4 is 23.2 Å². The van der Waals surface area contributed by atoms with Crippen LogP contribution in [-0.2, 0) is 4.74 Å². The number of anilines is 1. The number of amides is 1. The van der Waals surface area contributed by atoms with Gasteiger partial charge < -0.3 is 15.4 Å². The highest BCUT2D eigenvalue weighted by atomic mass is 32.1. The quantitative estimate of drug-likeness (QED) is 0.868. The first-order valence-electron chi connectivity index (χ1n) is 7.51. The Morgan fingerprint density at radius 2 is 1.91 bits per heavy atom. The molecule has 0 spiro atoms. The Labute approximate surface area is 141 Å². The molecule has 0 radical (unpaired) electrons. The van der Waals surface area contributed by atoms with E-state index >= 15 is 0 Å². The van der Waals surface area contributed by atoms with Gasteiger partial charge in [0.1, 0.15) is 11.4 Å². The molecule has 2 aromatic rings. The van der Waals surface area contributed by atoms with Gasteiger partial charge in [-0.1, -0.05) is 24.3 Å². The summed E-state index contributed by atoms with van der Waals surface area (Å²) in [6.07, 6.45) is -0.408. The van der Waals surface area contributed by atoms with Gasteiger partial charge in [0.25, 0.3) is 0 Å². The van der Waals surface area contributed by atoms with Crippen molar-refractivity contribution in [2.75, 3.05) is 12.4 Å². The second kappa shape index (κ2) is 7.00. The average Bonchev–Trinajstić information content (AvgIpc) is 2.93. The SMILES string of the molecule is CNc1ncsc1-c1ccc(C(C)NC(=O)OC(C)(C)C)cc1. The Morgan fingerprint density at radius 1 is 1.26 bits per heavy atom. The minimum Gasteiger partial charge on any atom is -0.444 e. The van der Waals surface area contributed by atoms with E-state index in [-0.39, 0.29) is 6.04 Å². The van der Waals surface area contributed by atoms with Crippen LogP contribution in [0.15, 0.2) is 29.8 Å². The first-order valence-corrected chi connectivity index (χ1v) is 8.39. The molecular formula is C17H23N3O2S. The zero-order valence-corrected chi connectivity index (χ0v) is 15.0. The minimum absolute atomic E-state index is 0.121. The predicted molar refractivity (Wildman–Crippen MR) is 94.9 cm³/mol. The molecule has 0 bridgehead atoms. The summed E-state index contributed by atoms with van der Waals surface area (Å²) in [6, 6.07) is 7.98. The van der Waals surface area contributed by atoms with Crippen molar-refractivity contribution in [3.8, 4) is 10.4 Å². The van der Waals surface area contributed by atoms with E-state index in [0.29, 0.717) is 0 Å². The molecule has 5 nitrogen and oxygen atoms in total. The molecular weight excluding hydrogens is 310 g/mol. The third-order valence-electron chi connectivity index (χ3n) is 3.21. The van der Waals surface area contributed by atoms with Gasteiger partial charge in [-0.05, 0) is 38.8 Å². The molecule has 23 heavy (non-hydrogen) atoms. The van der Waals surface area contributed by atoms with Crippen LogP contribution in [0.3, 0.4) is 0 Å². The number of carbonyl (C=O) groups excluding carboxylic acids is 1. The van der Waals surface area contributed by atoms with E-state index in [0.717, 1.165) is 21.8 Å². The summed E-state index contributed by atoms with van der Waals surface area (Å²) in [7, 11) is 1.86. The smallest absolute Gasteiger partial charge is 0.408 e. The van der Waals surface area contributed by atoms with Crippen LogP contribution in [0.5, 0.6) is 0 Å². The molecule has 1 unspecified atom stereocenters. The van der Waals surface area contributed by atoms with Crippen molar-refractivity contribution in [2.45, 2.75) is 39.3 Å². The van der Waals surface area contributed by atoms with E-state index in [4.69, 9.17) is 4.74 Å². The molecule has 0 saturated carbocycles. The summed E-state index contributed by atoms with van der Waals surface area (Å²) in [5.74, 6) is 0.877. The zero-order valence-electron chi connectivity index (χ0n) is 14.1. The second-order valence-electron chi connectivity index (χ2n) is 6.27. The fraction of sp³-hybridized carbons (Fsp3) is 0.412.